The zero-order valence-electron chi connectivity index (χ0n) is 24.9. The van der Waals surface area contributed by atoms with E-state index in [0.717, 1.165) is 25.9 Å². The molecule has 10 heteroatoms. The molecule has 3 aromatic rings. The number of aliphatic hydroxyl groups is 1. The molecule has 0 saturated carbocycles. The second kappa shape index (κ2) is 16.2. The number of aliphatic hydroxyl groups excluding tert-OH is 1. The van der Waals surface area contributed by atoms with E-state index in [4.69, 9.17) is 4.74 Å². The van der Waals surface area contributed by atoms with Crippen molar-refractivity contribution in [1.29, 1.82) is 0 Å². The first-order valence-corrected chi connectivity index (χ1v) is 14.9. The Bertz CT molecular complexity index is 1330. The Balaban J connectivity index is 1.51. The van der Waals surface area contributed by atoms with E-state index in [1.807, 2.05) is 0 Å². The lowest BCUT2D eigenvalue weighted by Crippen LogP contribution is -2.49. The van der Waals surface area contributed by atoms with Crippen LogP contribution in [0.2, 0.25) is 0 Å². The molecule has 0 radical (unpaired) electrons. The number of carbonyl (C=O) groups excluding carboxylic acids is 2. The molecule has 1 heterocycles. The molecule has 3 aromatic carbocycles. The summed E-state index contributed by atoms with van der Waals surface area (Å²) in [5.41, 5.74) is 1.84. The molecular formula is C34H40F2N2O6. The number of hydrogen-bond acceptors (Lipinski definition) is 7. The van der Waals surface area contributed by atoms with Crippen molar-refractivity contribution in [2.24, 2.45) is 0 Å². The standard InChI is InChI=1S/C34H40F2N2O6/c1-43-28-18-12-25(13-19-28)31(40)6-2-3-7-32(41)38(22-24-8-16-29(17-9-24)44-34(35)36)30(23-37-20-4-5-21-37)33(42)26-10-14-27(39)15-11-26/h8-19,30,33-34,39,42H,2-7,20-23H2,1H3/t30-,33-/m1/s1. The van der Waals surface area contributed by atoms with E-state index >= 15 is 0 Å². The van der Waals surface area contributed by atoms with Gasteiger partial charge in [0.25, 0.3) is 0 Å². The molecule has 1 amide bonds. The number of aromatic hydroxyl groups is 1. The Labute approximate surface area is 256 Å². The Morgan fingerprint density at radius 3 is 2.11 bits per heavy atom. The van der Waals surface area contributed by atoms with Gasteiger partial charge < -0.3 is 29.5 Å². The van der Waals surface area contributed by atoms with Crippen molar-refractivity contribution in [3.05, 3.63) is 89.5 Å². The van der Waals surface area contributed by atoms with Crippen LogP contribution >= 0.6 is 0 Å². The number of likely N-dealkylation sites (tertiary alicyclic amines) is 1. The molecule has 236 valence electrons. The number of phenols is 1. The zero-order chi connectivity index (χ0) is 31.5. The lowest BCUT2D eigenvalue weighted by atomic mass is 9.98. The van der Waals surface area contributed by atoms with E-state index in [1.54, 1.807) is 60.5 Å². The number of carbonyl (C=O) groups is 2. The van der Waals surface area contributed by atoms with Crippen molar-refractivity contribution in [1.82, 2.24) is 9.80 Å². The first-order valence-electron chi connectivity index (χ1n) is 14.9. The second-order valence-electron chi connectivity index (χ2n) is 11.0. The molecule has 2 atom stereocenters. The maximum atomic E-state index is 13.9. The number of ketones is 1. The van der Waals surface area contributed by atoms with Gasteiger partial charge in [-0.1, -0.05) is 24.3 Å². The Hall–Kier alpha value is -4.02. The zero-order valence-corrected chi connectivity index (χ0v) is 24.9. The normalized spacial score (nSPS) is 14.8. The lowest BCUT2D eigenvalue weighted by molar-refractivity contribution is -0.138. The summed E-state index contributed by atoms with van der Waals surface area (Å²) in [5, 5.41) is 21.4. The average molecular weight is 611 g/mol. The third kappa shape index (κ3) is 9.49. The molecule has 0 aromatic heterocycles. The van der Waals surface area contributed by atoms with Crippen LogP contribution in [-0.4, -0.2) is 71.1 Å². The van der Waals surface area contributed by atoms with Crippen molar-refractivity contribution in [2.45, 2.75) is 63.8 Å². The van der Waals surface area contributed by atoms with Crippen LogP contribution < -0.4 is 9.47 Å². The highest BCUT2D eigenvalue weighted by Crippen LogP contribution is 2.28. The van der Waals surface area contributed by atoms with Gasteiger partial charge in [-0.25, -0.2) is 0 Å². The van der Waals surface area contributed by atoms with Crippen molar-refractivity contribution < 1.29 is 38.1 Å². The van der Waals surface area contributed by atoms with Crippen LogP contribution in [0.5, 0.6) is 17.2 Å². The van der Waals surface area contributed by atoms with Gasteiger partial charge in [-0.2, -0.15) is 8.78 Å². The minimum Gasteiger partial charge on any atom is -0.508 e. The quantitative estimate of drug-likeness (QED) is 0.152. The van der Waals surface area contributed by atoms with Crippen LogP contribution in [0.15, 0.2) is 72.8 Å². The van der Waals surface area contributed by atoms with Crippen molar-refractivity contribution in [3.63, 3.8) is 0 Å². The van der Waals surface area contributed by atoms with Crippen LogP contribution in [0.25, 0.3) is 0 Å². The molecular weight excluding hydrogens is 570 g/mol. The largest absolute Gasteiger partial charge is 0.508 e. The van der Waals surface area contributed by atoms with Crippen molar-refractivity contribution in [2.75, 3.05) is 26.7 Å². The van der Waals surface area contributed by atoms with E-state index in [9.17, 15) is 28.6 Å². The fourth-order valence-corrected chi connectivity index (χ4v) is 5.48. The van der Waals surface area contributed by atoms with Crippen LogP contribution in [0.4, 0.5) is 8.78 Å². The Morgan fingerprint density at radius 2 is 1.50 bits per heavy atom. The Kier molecular flexibility index (Phi) is 12.1. The monoisotopic (exact) mass is 610 g/mol. The van der Waals surface area contributed by atoms with Crippen molar-refractivity contribution in [3.8, 4) is 17.2 Å². The molecule has 0 aliphatic carbocycles. The van der Waals surface area contributed by atoms with Crippen LogP contribution in [0.1, 0.15) is 66.1 Å². The van der Waals surface area contributed by atoms with E-state index in [0.29, 0.717) is 48.2 Å². The van der Waals surface area contributed by atoms with Gasteiger partial charge in [-0.05, 0) is 98.4 Å². The molecule has 1 fully saturated rings. The average Bonchev–Trinajstić information content (AvgIpc) is 3.55. The summed E-state index contributed by atoms with van der Waals surface area (Å²) < 4.78 is 35.0. The third-order valence-electron chi connectivity index (χ3n) is 7.92. The molecule has 1 aliphatic heterocycles. The summed E-state index contributed by atoms with van der Waals surface area (Å²) in [4.78, 5) is 30.4. The van der Waals surface area contributed by atoms with Gasteiger partial charge in [0.1, 0.15) is 23.4 Å². The number of hydrogen-bond donors (Lipinski definition) is 2. The van der Waals surface area contributed by atoms with Gasteiger partial charge in [-0.3, -0.25) is 9.59 Å². The number of benzene rings is 3. The van der Waals surface area contributed by atoms with Crippen LogP contribution in [0.3, 0.4) is 0 Å². The Morgan fingerprint density at radius 1 is 0.886 bits per heavy atom. The number of amides is 1. The van der Waals surface area contributed by atoms with Gasteiger partial charge in [0.15, 0.2) is 5.78 Å². The summed E-state index contributed by atoms with van der Waals surface area (Å²) >= 11 is 0. The number of phenolic OH excluding ortho intramolecular Hbond substituents is 1. The highest BCUT2D eigenvalue weighted by Gasteiger charge is 2.33. The summed E-state index contributed by atoms with van der Waals surface area (Å²) in [7, 11) is 1.56. The fourth-order valence-electron chi connectivity index (χ4n) is 5.48. The summed E-state index contributed by atoms with van der Waals surface area (Å²) in [6, 6.07) is 18.7. The molecule has 1 saturated heterocycles. The molecule has 0 spiro atoms. The summed E-state index contributed by atoms with van der Waals surface area (Å²) in [5.74, 6) is 0.553. The van der Waals surface area contributed by atoms with E-state index in [-0.39, 0.29) is 36.2 Å². The number of halogens is 2. The molecule has 1 aliphatic rings. The number of rotatable bonds is 16. The van der Waals surface area contributed by atoms with Gasteiger partial charge in [-0.15, -0.1) is 0 Å². The maximum Gasteiger partial charge on any atom is 0.387 e. The van der Waals surface area contributed by atoms with E-state index < -0.39 is 18.8 Å². The van der Waals surface area contributed by atoms with Crippen molar-refractivity contribution >= 4 is 11.7 Å². The second-order valence-corrected chi connectivity index (χ2v) is 11.0. The molecule has 4 rings (SSSR count). The third-order valence-corrected chi connectivity index (χ3v) is 7.92. The molecule has 2 N–H and O–H groups in total. The predicted octanol–water partition coefficient (Wildman–Crippen LogP) is 5.97. The summed E-state index contributed by atoms with van der Waals surface area (Å²) in [6.45, 7) is -0.648. The number of methoxy groups -OCH3 is 1. The first-order chi connectivity index (χ1) is 21.2. The molecule has 44 heavy (non-hydrogen) atoms. The van der Waals surface area contributed by atoms with E-state index in [1.165, 1.54) is 24.3 Å². The number of unbranched alkanes of at least 4 members (excludes halogenated alkanes) is 1. The topological polar surface area (TPSA) is 99.5 Å². The number of nitrogens with zero attached hydrogens (tertiary/aromatic N) is 2. The highest BCUT2D eigenvalue weighted by atomic mass is 19.3. The van der Waals surface area contributed by atoms with Gasteiger partial charge >= 0.3 is 6.61 Å². The molecule has 0 unspecified atom stereocenters. The summed E-state index contributed by atoms with van der Waals surface area (Å²) in [6.07, 6.45) is 2.47. The van der Waals surface area contributed by atoms with Crippen LogP contribution in [0, 0.1) is 0 Å². The number of Topliss-reactive ketones (excluding diaryl/α,β-unsaturated/α-hetero) is 1. The number of alkyl halides is 2. The molecule has 0 bridgehead atoms. The maximum absolute atomic E-state index is 13.9. The molecule has 8 nitrogen and oxygen atoms in total. The number of ether oxygens (including phenoxy) is 2. The van der Waals surface area contributed by atoms with Gasteiger partial charge in [0.05, 0.1) is 13.2 Å². The SMILES string of the molecule is COc1ccc(C(=O)CCCCC(=O)N(Cc2ccc(OC(F)F)cc2)[C@H](CN2CCCC2)[C@H](O)c2ccc(O)cc2)cc1. The van der Waals surface area contributed by atoms with Crippen LogP contribution in [-0.2, 0) is 11.3 Å². The van der Waals surface area contributed by atoms with Gasteiger partial charge in [0, 0.05) is 31.5 Å². The smallest absolute Gasteiger partial charge is 0.387 e. The first kappa shape index (κ1) is 32.9. The van der Waals surface area contributed by atoms with Gasteiger partial charge in [0.2, 0.25) is 5.91 Å². The minimum absolute atomic E-state index is 0.0147. The lowest BCUT2D eigenvalue weighted by Gasteiger charge is -2.38. The van der Waals surface area contributed by atoms with E-state index in [2.05, 4.69) is 9.64 Å². The predicted molar refractivity (Wildman–Crippen MR) is 162 cm³/mol. The fraction of sp³-hybridized carbons (Fsp3) is 0.412. The minimum atomic E-state index is -2.94. The highest BCUT2D eigenvalue weighted by molar-refractivity contribution is 5.96.